The Kier molecular flexibility index (Phi) is 6.56. The summed E-state index contributed by atoms with van der Waals surface area (Å²) in [5, 5.41) is 6.60. The van der Waals surface area contributed by atoms with Gasteiger partial charge in [0.25, 0.3) is 0 Å². The smallest absolute Gasteiger partial charge is 0.191 e. The molecule has 2 rings (SSSR count). The quantitative estimate of drug-likeness (QED) is 0.633. The van der Waals surface area contributed by atoms with Gasteiger partial charge in [-0.25, -0.2) is 0 Å². The number of nitrogens with one attached hydrogen (secondary N) is 2. The van der Waals surface area contributed by atoms with Crippen molar-refractivity contribution < 1.29 is 0 Å². The highest BCUT2D eigenvalue weighted by molar-refractivity contribution is 5.79. The Labute approximate surface area is 138 Å². The van der Waals surface area contributed by atoms with Gasteiger partial charge >= 0.3 is 0 Å². The molecular weight excluding hydrogens is 286 g/mol. The monoisotopic (exact) mass is 311 g/mol. The van der Waals surface area contributed by atoms with Crippen molar-refractivity contribution in [3.63, 3.8) is 0 Å². The van der Waals surface area contributed by atoms with E-state index < -0.39 is 0 Å². The fourth-order valence-corrected chi connectivity index (χ4v) is 2.29. The van der Waals surface area contributed by atoms with Crippen LogP contribution in [0.25, 0.3) is 0 Å². The number of rotatable bonds is 6. The molecule has 0 fully saturated rings. The second-order valence-electron chi connectivity index (χ2n) is 5.66. The molecule has 1 heterocycles. The highest BCUT2D eigenvalue weighted by Gasteiger charge is 2.01. The van der Waals surface area contributed by atoms with Crippen LogP contribution in [0.1, 0.15) is 16.8 Å². The zero-order chi connectivity index (χ0) is 16.5. The van der Waals surface area contributed by atoms with Gasteiger partial charge in [-0.1, -0.05) is 30.3 Å². The van der Waals surface area contributed by atoms with Gasteiger partial charge in [0.05, 0.1) is 12.2 Å². The number of aromatic nitrogens is 1. The first-order chi connectivity index (χ1) is 11.2. The standard InChI is InChI=1S/C18H25N5/c1-19-18(22-13-17-9-4-5-10-20-17)21-12-15-7-6-8-16(11-15)14-23(2)3/h4-11H,12-14H2,1-3H3,(H2,19,21,22). The van der Waals surface area contributed by atoms with Gasteiger partial charge in [0.15, 0.2) is 5.96 Å². The van der Waals surface area contributed by atoms with Crippen molar-refractivity contribution in [2.45, 2.75) is 19.6 Å². The lowest BCUT2D eigenvalue weighted by Crippen LogP contribution is -2.36. The molecule has 0 spiro atoms. The van der Waals surface area contributed by atoms with E-state index in [1.165, 1.54) is 11.1 Å². The lowest BCUT2D eigenvalue weighted by Gasteiger charge is -2.13. The molecule has 2 aromatic rings. The van der Waals surface area contributed by atoms with E-state index in [9.17, 15) is 0 Å². The molecule has 1 aromatic heterocycles. The van der Waals surface area contributed by atoms with E-state index >= 15 is 0 Å². The normalized spacial score (nSPS) is 11.6. The van der Waals surface area contributed by atoms with Crippen LogP contribution in [0.5, 0.6) is 0 Å². The molecule has 5 heteroatoms. The lowest BCUT2D eigenvalue weighted by molar-refractivity contribution is 0.402. The van der Waals surface area contributed by atoms with Gasteiger partial charge in [0, 0.05) is 26.3 Å². The van der Waals surface area contributed by atoms with Gasteiger partial charge in [0.2, 0.25) is 0 Å². The summed E-state index contributed by atoms with van der Waals surface area (Å²) < 4.78 is 0. The van der Waals surface area contributed by atoms with Crippen LogP contribution in [-0.2, 0) is 19.6 Å². The zero-order valence-electron chi connectivity index (χ0n) is 14.1. The minimum absolute atomic E-state index is 0.654. The third kappa shape index (κ3) is 6.08. The second kappa shape index (κ2) is 8.90. The summed E-state index contributed by atoms with van der Waals surface area (Å²) in [4.78, 5) is 10.7. The molecule has 0 amide bonds. The highest BCUT2D eigenvalue weighted by atomic mass is 15.2. The summed E-state index contributed by atoms with van der Waals surface area (Å²) in [5.41, 5.74) is 3.54. The number of guanidine groups is 1. The molecule has 23 heavy (non-hydrogen) atoms. The molecule has 0 saturated carbocycles. The molecule has 0 radical (unpaired) electrons. The fraction of sp³-hybridized carbons (Fsp3) is 0.333. The van der Waals surface area contributed by atoms with E-state index in [-0.39, 0.29) is 0 Å². The Morgan fingerprint density at radius 1 is 1.04 bits per heavy atom. The molecule has 1 aromatic carbocycles. The molecule has 0 aliphatic heterocycles. The summed E-state index contributed by atoms with van der Waals surface area (Å²) in [5.74, 6) is 0.772. The Bertz CT molecular complexity index is 622. The van der Waals surface area contributed by atoms with Crippen molar-refractivity contribution in [2.75, 3.05) is 21.1 Å². The maximum absolute atomic E-state index is 4.29. The van der Waals surface area contributed by atoms with Crippen molar-refractivity contribution in [3.8, 4) is 0 Å². The van der Waals surface area contributed by atoms with Crippen molar-refractivity contribution in [3.05, 3.63) is 65.5 Å². The summed E-state index contributed by atoms with van der Waals surface area (Å²) >= 11 is 0. The first-order valence-electron chi connectivity index (χ1n) is 7.74. The number of benzene rings is 1. The van der Waals surface area contributed by atoms with Crippen molar-refractivity contribution in [1.29, 1.82) is 0 Å². The summed E-state index contributed by atoms with van der Waals surface area (Å²) in [6.45, 7) is 2.34. The maximum atomic E-state index is 4.29. The molecule has 0 aliphatic rings. The van der Waals surface area contributed by atoms with Crippen LogP contribution >= 0.6 is 0 Å². The Hall–Kier alpha value is -2.40. The second-order valence-corrected chi connectivity index (χ2v) is 5.66. The highest BCUT2D eigenvalue weighted by Crippen LogP contribution is 2.06. The summed E-state index contributed by atoms with van der Waals surface area (Å²) in [6, 6.07) is 14.5. The van der Waals surface area contributed by atoms with Crippen LogP contribution in [0.3, 0.4) is 0 Å². The molecule has 0 bridgehead atoms. The average molecular weight is 311 g/mol. The van der Waals surface area contributed by atoms with E-state index in [2.05, 4.69) is 63.9 Å². The predicted octanol–water partition coefficient (Wildman–Crippen LogP) is 2.01. The van der Waals surface area contributed by atoms with Gasteiger partial charge in [-0.15, -0.1) is 0 Å². The van der Waals surface area contributed by atoms with Crippen LogP contribution in [0.15, 0.2) is 53.7 Å². The largest absolute Gasteiger partial charge is 0.352 e. The number of hydrogen-bond acceptors (Lipinski definition) is 3. The Morgan fingerprint density at radius 3 is 2.52 bits per heavy atom. The van der Waals surface area contributed by atoms with Crippen LogP contribution in [0.4, 0.5) is 0 Å². The Morgan fingerprint density at radius 2 is 1.83 bits per heavy atom. The topological polar surface area (TPSA) is 52.6 Å². The minimum Gasteiger partial charge on any atom is -0.352 e. The zero-order valence-corrected chi connectivity index (χ0v) is 14.1. The number of aliphatic imine (C=N–C) groups is 1. The lowest BCUT2D eigenvalue weighted by atomic mass is 10.1. The van der Waals surface area contributed by atoms with Gasteiger partial charge in [-0.3, -0.25) is 9.98 Å². The van der Waals surface area contributed by atoms with Crippen LogP contribution < -0.4 is 10.6 Å². The van der Waals surface area contributed by atoms with Gasteiger partial charge < -0.3 is 15.5 Å². The van der Waals surface area contributed by atoms with Crippen molar-refractivity contribution >= 4 is 5.96 Å². The minimum atomic E-state index is 0.654. The van der Waals surface area contributed by atoms with E-state index in [4.69, 9.17) is 0 Å². The average Bonchev–Trinajstić information content (AvgIpc) is 2.56. The molecule has 0 aliphatic carbocycles. The molecule has 0 atom stereocenters. The first-order valence-corrected chi connectivity index (χ1v) is 7.74. The maximum Gasteiger partial charge on any atom is 0.191 e. The number of pyridine rings is 1. The van der Waals surface area contributed by atoms with Gasteiger partial charge in [0.1, 0.15) is 0 Å². The third-order valence-corrected chi connectivity index (χ3v) is 3.34. The number of nitrogens with zero attached hydrogens (tertiary/aromatic N) is 3. The van der Waals surface area contributed by atoms with E-state index in [1.54, 1.807) is 13.2 Å². The first kappa shape index (κ1) is 17.0. The van der Waals surface area contributed by atoms with E-state index in [1.807, 2.05) is 18.2 Å². The van der Waals surface area contributed by atoms with Gasteiger partial charge in [-0.2, -0.15) is 0 Å². The molecule has 5 nitrogen and oxygen atoms in total. The fourth-order valence-electron chi connectivity index (χ4n) is 2.29. The molecular formula is C18H25N5. The molecule has 2 N–H and O–H groups in total. The van der Waals surface area contributed by atoms with Crippen LogP contribution in [0, 0.1) is 0 Å². The van der Waals surface area contributed by atoms with Crippen LogP contribution in [-0.4, -0.2) is 37.0 Å². The van der Waals surface area contributed by atoms with Crippen LogP contribution in [0.2, 0.25) is 0 Å². The van der Waals surface area contributed by atoms with E-state index in [0.717, 1.165) is 24.7 Å². The van der Waals surface area contributed by atoms with Crippen molar-refractivity contribution in [1.82, 2.24) is 20.5 Å². The predicted molar refractivity (Wildman–Crippen MR) is 95.1 cm³/mol. The summed E-state index contributed by atoms with van der Waals surface area (Å²) in [6.07, 6.45) is 1.80. The van der Waals surface area contributed by atoms with E-state index in [0.29, 0.717) is 6.54 Å². The summed E-state index contributed by atoms with van der Waals surface area (Å²) in [7, 11) is 5.93. The molecule has 122 valence electrons. The van der Waals surface area contributed by atoms with Crippen molar-refractivity contribution in [2.24, 2.45) is 4.99 Å². The number of hydrogen-bond donors (Lipinski definition) is 2. The SMILES string of the molecule is CN=C(NCc1cccc(CN(C)C)c1)NCc1ccccn1. The third-order valence-electron chi connectivity index (χ3n) is 3.34. The Balaban J connectivity index is 1.85. The molecule has 0 unspecified atom stereocenters. The van der Waals surface area contributed by atoms with Gasteiger partial charge in [-0.05, 0) is 37.4 Å². The molecule has 0 saturated heterocycles.